The van der Waals surface area contributed by atoms with Crippen molar-refractivity contribution in [1.82, 2.24) is 10.3 Å². The van der Waals surface area contributed by atoms with Crippen molar-refractivity contribution in [3.05, 3.63) is 45.4 Å². The largest absolute Gasteiger partial charge is 0.487 e. The molecule has 2 rings (SSSR count). The van der Waals surface area contributed by atoms with Gasteiger partial charge in [0.05, 0.1) is 10.7 Å². The van der Waals surface area contributed by atoms with E-state index in [0.717, 1.165) is 29.4 Å². The minimum Gasteiger partial charge on any atom is -0.487 e. The average Bonchev–Trinajstić information content (AvgIpc) is 2.89. The van der Waals surface area contributed by atoms with Gasteiger partial charge in [-0.15, -0.1) is 11.3 Å². The van der Waals surface area contributed by atoms with Gasteiger partial charge in [-0.25, -0.2) is 4.98 Å². The van der Waals surface area contributed by atoms with E-state index in [1.165, 1.54) is 11.1 Å². The Morgan fingerprint density at radius 3 is 2.76 bits per heavy atom. The Labute approximate surface area is 131 Å². The quantitative estimate of drug-likeness (QED) is 0.823. The fourth-order valence-electron chi connectivity index (χ4n) is 2.21. The first kappa shape index (κ1) is 16.0. The topological polar surface area (TPSA) is 34.1 Å². The van der Waals surface area contributed by atoms with Crippen molar-refractivity contribution >= 4 is 11.3 Å². The molecule has 0 aliphatic carbocycles. The second-order valence-electron chi connectivity index (χ2n) is 5.35. The van der Waals surface area contributed by atoms with Crippen LogP contribution in [0, 0.1) is 13.8 Å². The summed E-state index contributed by atoms with van der Waals surface area (Å²) in [6, 6.07) is 6.78. The van der Waals surface area contributed by atoms with Gasteiger partial charge in [0, 0.05) is 11.4 Å². The third-order valence-electron chi connectivity index (χ3n) is 3.44. The number of thiazole rings is 1. The van der Waals surface area contributed by atoms with Crippen LogP contribution in [-0.2, 0) is 6.61 Å². The maximum absolute atomic E-state index is 5.88. The molecule has 1 aromatic heterocycles. The number of aromatic nitrogens is 1. The van der Waals surface area contributed by atoms with Gasteiger partial charge in [0.2, 0.25) is 0 Å². The smallest absolute Gasteiger partial charge is 0.131 e. The van der Waals surface area contributed by atoms with Crippen molar-refractivity contribution in [3.8, 4) is 5.75 Å². The van der Waals surface area contributed by atoms with Gasteiger partial charge in [-0.2, -0.15) is 0 Å². The second kappa shape index (κ2) is 7.57. The molecule has 0 saturated heterocycles. The van der Waals surface area contributed by atoms with Crippen LogP contribution in [0.4, 0.5) is 0 Å². The lowest BCUT2D eigenvalue weighted by molar-refractivity contribution is 0.299. The Balaban J connectivity index is 1.98. The van der Waals surface area contributed by atoms with Crippen LogP contribution in [0.3, 0.4) is 0 Å². The molecule has 114 valence electrons. The maximum Gasteiger partial charge on any atom is 0.131 e. The normalized spacial score (nSPS) is 12.4. The van der Waals surface area contributed by atoms with Crippen LogP contribution >= 0.6 is 11.3 Å². The molecular weight excluding hydrogens is 280 g/mol. The highest BCUT2D eigenvalue weighted by molar-refractivity contribution is 7.09. The molecule has 0 spiro atoms. The summed E-state index contributed by atoms with van der Waals surface area (Å²) in [5.74, 6) is 0.937. The van der Waals surface area contributed by atoms with E-state index in [-0.39, 0.29) is 0 Å². The molecule has 2 aromatic rings. The minimum atomic E-state index is 0.374. The third kappa shape index (κ3) is 4.55. The summed E-state index contributed by atoms with van der Waals surface area (Å²) in [5, 5.41) is 6.64. The van der Waals surface area contributed by atoms with Gasteiger partial charge in [-0.05, 0) is 50.9 Å². The van der Waals surface area contributed by atoms with E-state index in [9.17, 15) is 0 Å². The van der Waals surface area contributed by atoms with Crippen molar-refractivity contribution in [3.63, 3.8) is 0 Å². The Bertz CT molecular complexity index is 580. The highest BCUT2D eigenvalue weighted by Gasteiger charge is 2.08. The molecule has 1 N–H and O–H groups in total. The van der Waals surface area contributed by atoms with Crippen LogP contribution in [0.15, 0.2) is 23.6 Å². The lowest BCUT2D eigenvalue weighted by atomic mass is 10.0. The number of nitrogens with one attached hydrogen (secondary N) is 1. The van der Waals surface area contributed by atoms with Gasteiger partial charge in [0.25, 0.3) is 0 Å². The van der Waals surface area contributed by atoms with E-state index in [1.54, 1.807) is 11.3 Å². The zero-order valence-corrected chi connectivity index (χ0v) is 14.1. The molecule has 1 aromatic carbocycles. The molecule has 4 heteroatoms. The first-order valence-electron chi connectivity index (χ1n) is 7.48. The summed E-state index contributed by atoms with van der Waals surface area (Å²) in [7, 11) is 0. The summed E-state index contributed by atoms with van der Waals surface area (Å²) in [6.07, 6.45) is 1.15. The predicted octanol–water partition coefficient (Wildman–Crippen LogP) is 4.40. The minimum absolute atomic E-state index is 0.374. The Morgan fingerprint density at radius 2 is 2.14 bits per heavy atom. The molecule has 1 unspecified atom stereocenters. The SMILES string of the molecule is CCCNC(C)c1ccc(OCc2csc(C)n2)c(C)c1. The number of benzene rings is 1. The van der Waals surface area contributed by atoms with Crippen LogP contribution < -0.4 is 10.1 Å². The van der Waals surface area contributed by atoms with Crippen molar-refractivity contribution in [1.29, 1.82) is 0 Å². The van der Waals surface area contributed by atoms with E-state index in [1.807, 2.05) is 6.92 Å². The Hall–Kier alpha value is -1.39. The summed E-state index contributed by atoms with van der Waals surface area (Å²) >= 11 is 1.66. The number of rotatable bonds is 7. The van der Waals surface area contributed by atoms with E-state index < -0.39 is 0 Å². The number of hydrogen-bond acceptors (Lipinski definition) is 4. The van der Waals surface area contributed by atoms with Gasteiger partial charge in [0.1, 0.15) is 12.4 Å². The molecule has 0 aliphatic heterocycles. The highest BCUT2D eigenvalue weighted by atomic mass is 32.1. The van der Waals surface area contributed by atoms with Crippen LogP contribution in [0.2, 0.25) is 0 Å². The predicted molar refractivity (Wildman–Crippen MR) is 89.1 cm³/mol. The van der Waals surface area contributed by atoms with Gasteiger partial charge in [-0.3, -0.25) is 0 Å². The summed E-state index contributed by atoms with van der Waals surface area (Å²) in [5.41, 5.74) is 3.47. The lowest BCUT2D eigenvalue weighted by Gasteiger charge is -2.16. The standard InChI is InChI=1S/C17H24N2OS/c1-5-8-18-13(3)15-6-7-17(12(2)9-15)20-10-16-11-21-14(4)19-16/h6-7,9,11,13,18H,5,8,10H2,1-4H3. The van der Waals surface area contributed by atoms with Gasteiger partial charge >= 0.3 is 0 Å². The summed E-state index contributed by atoms with van der Waals surface area (Å²) in [4.78, 5) is 4.42. The molecule has 1 atom stereocenters. The zero-order chi connectivity index (χ0) is 15.2. The second-order valence-corrected chi connectivity index (χ2v) is 6.41. The van der Waals surface area contributed by atoms with Crippen molar-refractivity contribution in [2.75, 3.05) is 6.54 Å². The molecule has 0 amide bonds. The Kier molecular flexibility index (Phi) is 5.76. The monoisotopic (exact) mass is 304 g/mol. The van der Waals surface area contributed by atoms with Gasteiger partial charge < -0.3 is 10.1 Å². The van der Waals surface area contributed by atoms with Crippen LogP contribution in [0.1, 0.15) is 48.1 Å². The van der Waals surface area contributed by atoms with E-state index in [0.29, 0.717) is 12.6 Å². The van der Waals surface area contributed by atoms with Gasteiger partial charge in [0.15, 0.2) is 0 Å². The fraction of sp³-hybridized carbons (Fsp3) is 0.471. The third-order valence-corrected chi connectivity index (χ3v) is 4.26. The number of nitrogens with zero attached hydrogens (tertiary/aromatic N) is 1. The summed E-state index contributed by atoms with van der Waals surface area (Å²) in [6.45, 7) is 10.1. The van der Waals surface area contributed by atoms with Crippen LogP contribution in [0.5, 0.6) is 5.75 Å². The molecule has 0 bridgehead atoms. The molecule has 0 aliphatic rings. The molecule has 3 nitrogen and oxygen atoms in total. The van der Waals surface area contributed by atoms with Crippen molar-refractivity contribution < 1.29 is 4.74 Å². The molecule has 0 radical (unpaired) electrons. The maximum atomic E-state index is 5.88. The first-order chi connectivity index (χ1) is 10.1. The number of hydrogen-bond donors (Lipinski definition) is 1. The molecule has 0 fully saturated rings. The van der Waals surface area contributed by atoms with E-state index in [2.05, 4.69) is 54.7 Å². The average molecular weight is 304 g/mol. The van der Waals surface area contributed by atoms with E-state index in [4.69, 9.17) is 4.74 Å². The molecular formula is C17H24N2OS. The lowest BCUT2D eigenvalue weighted by Crippen LogP contribution is -2.19. The fourth-order valence-corrected chi connectivity index (χ4v) is 2.81. The number of aryl methyl sites for hydroxylation is 2. The highest BCUT2D eigenvalue weighted by Crippen LogP contribution is 2.24. The van der Waals surface area contributed by atoms with Crippen molar-refractivity contribution in [2.45, 2.75) is 46.8 Å². The van der Waals surface area contributed by atoms with Gasteiger partial charge in [-0.1, -0.05) is 19.1 Å². The van der Waals surface area contributed by atoms with Crippen LogP contribution in [0.25, 0.3) is 0 Å². The number of ether oxygens (including phenoxy) is 1. The Morgan fingerprint density at radius 1 is 1.33 bits per heavy atom. The first-order valence-corrected chi connectivity index (χ1v) is 8.36. The zero-order valence-electron chi connectivity index (χ0n) is 13.3. The van der Waals surface area contributed by atoms with Crippen molar-refractivity contribution in [2.24, 2.45) is 0 Å². The van der Waals surface area contributed by atoms with E-state index >= 15 is 0 Å². The molecule has 0 saturated carbocycles. The molecule has 21 heavy (non-hydrogen) atoms. The summed E-state index contributed by atoms with van der Waals surface area (Å²) < 4.78 is 5.88. The van der Waals surface area contributed by atoms with Crippen LogP contribution in [-0.4, -0.2) is 11.5 Å². The molecule has 1 heterocycles.